The molecule has 2 saturated heterocycles. The van der Waals surface area contributed by atoms with Crippen molar-refractivity contribution >= 4 is 5.78 Å². The van der Waals surface area contributed by atoms with Gasteiger partial charge in [-0.2, -0.15) is 0 Å². The predicted octanol–water partition coefficient (Wildman–Crippen LogP) is 2.08. The lowest BCUT2D eigenvalue weighted by molar-refractivity contribution is -0.152. The van der Waals surface area contributed by atoms with Crippen LogP contribution in [0.15, 0.2) is 0 Å². The summed E-state index contributed by atoms with van der Waals surface area (Å²) in [5.74, 6) is 0.777. The van der Waals surface area contributed by atoms with E-state index in [1.807, 2.05) is 6.92 Å². The van der Waals surface area contributed by atoms with Gasteiger partial charge in [-0.25, -0.2) is 0 Å². The molecule has 3 fully saturated rings. The fraction of sp³-hybridized carbons (Fsp3) is 0.947. The second kappa shape index (κ2) is 8.63. The maximum Gasteiger partial charge on any atom is 0.150 e. The lowest BCUT2D eigenvalue weighted by Crippen LogP contribution is -2.50. The van der Waals surface area contributed by atoms with E-state index >= 15 is 0 Å². The molecular weight excluding hydrogens is 334 g/mol. The SMILES string of the molecule is CCOC1CCC(C(=O)CN2C(C)CN3CC(C)CCC32)CC1N([O-])O. The van der Waals surface area contributed by atoms with Crippen LogP contribution in [0.4, 0.5) is 0 Å². The first kappa shape index (κ1) is 20.2. The van der Waals surface area contributed by atoms with Crippen LogP contribution in [-0.4, -0.2) is 76.6 Å². The highest BCUT2D eigenvalue weighted by Gasteiger charge is 2.42. The zero-order valence-corrected chi connectivity index (χ0v) is 16.3. The summed E-state index contributed by atoms with van der Waals surface area (Å²) in [6.45, 7) is 9.51. The van der Waals surface area contributed by atoms with Crippen molar-refractivity contribution in [3.05, 3.63) is 5.21 Å². The zero-order chi connectivity index (χ0) is 18.8. The van der Waals surface area contributed by atoms with Crippen LogP contribution in [0.3, 0.4) is 0 Å². The van der Waals surface area contributed by atoms with Crippen LogP contribution >= 0.6 is 0 Å². The van der Waals surface area contributed by atoms with Crippen molar-refractivity contribution in [2.75, 3.05) is 26.2 Å². The van der Waals surface area contributed by atoms with Crippen molar-refractivity contribution in [1.29, 1.82) is 0 Å². The van der Waals surface area contributed by atoms with Crippen LogP contribution in [0.5, 0.6) is 0 Å². The van der Waals surface area contributed by atoms with E-state index in [0.717, 1.165) is 31.8 Å². The standard InChI is InChI=1S/C19H34N3O4/c1-4-26-18-7-6-15(9-16(18)22(24)25)17(23)12-21-14(3)11-20-10-13(2)5-8-19(20)21/h13-16,18-19,24H,4-12H2,1-3H3/q-1. The first-order valence-electron chi connectivity index (χ1n) is 10.2. The molecule has 1 N–H and O–H groups in total. The molecule has 0 aromatic carbocycles. The number of carbonyl (C=O) groups is 1. The van der Waals surface area contributed by atoms with Gasteiger partial charge in [0.1, 0.15) is 5.78 Å². The number of ketones is 1. The maximum absolute atomic E-state index is 13.0. The molecule has 26 heavy (non-hydrogen) atoms. The second-order valence-corrected chi connectivity index (χ2v) is 8.48. The normalized spacial score (nSPS) is 39.3. The van der Waals surface area contributed by atoms with Gasteiger partial charge in [0.05, 0.1) is 18.8 Å². The van der Waals surface area contributed by atoms with Gasteiger partial charge in [-0.3, -0.25) is 19.8 Å². The maximum atomic E-state index is 13.0. The van der Waals surface area contributed by atoms with Crippen LogP contribution in [-0.2, 0) is 9.53 Å². The summed E-state index contributed by atoms with van der Waals surface area (Å²) >= 11 is 0. The first-order valence-corrected chi connectivity index (χ1v) is 10.2. The Bertz CT molecular complexity index is 489. The summed E-state index contributed by atoms with van der Waals surface area (Å²) in [6, 6.07) is -0.251. The minimum absolute atomic E-state index is 0.00248. The predicted molar refractivity (Wildman–Crippen MR) is 98.5 cm³/mol. The van der Waals surface area contributed by atoms with Gasteiger partial charge >= 0.3 is 0 Å². The molecule has 2 aliphatic heterocycles. The van der Waals surface area contributed by atoms with E-state index in [0.29, 0.717) is 38.2 Å². The monoisotopic (exact) mass is 368 g/mol. The van der Waals surface area contributed by atoms with Crippen molar-refractivity contribution in [2.24, 2.45) is 11.8 Å². The van der Waals surface area contributed by atoms with E-state index in [-0.39, 0.29) is 23.0 Å². The summed E-state index contributed by atoms with van der Waals surface area (Å²) in [5.41, 5.74) is 0. The van der Waals surface area contributed by atoms with Crippen molar-refractivity contribution in [1.82, 2.24) is 15.0 Å². The number of Topliss-reactive ketones (excluding diaryl/α,β-unsaturated/α-hetero) is 1. The molecular formula is C19H34N3O4-. The lowest BCUT2D eigenvalue weighted by atomic mass is 9.81. The lowest BCUT2D eigenvalue weighted by Gasteiger charge is -2.42. The third-order valence-electron chi connectivity index (χ3n) is 6.55. The number of nitrogens with zero attached hydrogens (tertiary/aromatic N) is 3. The van der Waals surface area contributed by atoms with Crippen molar-refractivity contribution in [2.45, 2.75) is 77.2 Å². The number of rotatable bonds is 6. The average Bonchev–Trinajstić information content (AvgIpc) is 2.89. The fourth-order valence-electron chi connectivity index (χ4n) is 5.16. The van der Waals surface area contributed by atoms with Crippen LogP contribution in [0.2, 0.25) is 0 Å². The quantitative estimate of drug-likeness (QED) is 0.719. The Kier molecular flexibility index (Phi) is 6.69. The van der Waals surface area contributed by atoms with Gasteiger partial charge in [-0.15, -0.1) is 0 Å². The van der Waals surface area contributed by atoms with E-state index in [1.165, 1.54) is 6.42 Å². The third-order valence-corrected chi connectivity index (χ3v) is 6.55. The summed E-state index contributed by atoms with van der Waals surface area (Å²) < 4.78 is 5.59. The molecule has 2 heterocycles. The molecule has 3 aliphatic rings. The Morgan fingerprint density at radius 2 is 2.00 bits per heavy atom. The summed E-state index contributed by atoms with van der Waals surface area (Å²) in [4.78, 5) is 17.8. The molecule has 7 nitrogen and oxygen atoms in total. The van der Waals surface area contributed by atoms with E-state index < -0.39 is 6.04 Å². The van der Waals surface area contributed by atoms with E-state index in [4.69, 9.17) is 4.74 Å². The highest BCUT2D eigenvalue weighted by molar-refractivity contribution is 5.83. The largest absolute Gasteiger partial charge is 0.762 e. The van der Waals surface area contributed by atoms with E-state index in [2.05, 4.69) is 23.6 Å². The van der Waals surface area contributed by atoms with Crippen LogP contribution < -0.4 is 0 Å². The zero-order valence-electron chi connectivity index (χ0n) is 16.3. The Morgan fingerprint density at radius 1 is 1.23 bits per heavy atom. The molecule has 7 heteroatoms. The molecule has 0 aromatic rings. The smallest absolute Gasteiger partial charge is 0.150 e. The molecule has 1 saturated carbocycles. The highest BCUT2D eigenvalue weighted by Crippen LogP contribution is 2.33. The second-order valence-electron chi connectivity index (χ2n) is 8.48. The van der Waals surface area contributed by atoms with Crippen LogP contribution in [0, 0.1) is 17.0 Å². The highest BCUT2D eigenvalue weighted by atomic mass is 16.8. The van der Waals surface area contributed by atoms with Crippen LogP contribution in [0.25, 0.3) is 0 Å². The minimum Gasteiger partial charge on any atom is -0.762 e. The number of hydroxylamine groups is 2. The van der Waals surface area contributed by atoms with Crippen molar-refractivity contribution in [3.8, 4) is 0 Å². The topological polar surface area (TPSA) is 79.3 Å². The molecule has 150 valence electrons. The van der Waals surface area contributed by atoms with Gasteiger partial charge in [0.2, 0.25) is 0 Å². The summed E-state index contributed by atoms with van der Waals surface area (Å²) in [5, 5.41) is 21.0. The molecule has 6 atom stereocenters. The number of ether oxygens (including phenoxy) is 1. The van der Waals surface area contributed by atoms with Gasteiger partial charge in [-0.05, 0) is 51.9 Å². The number of piperidine rings is 1. The van der Waals surface area contributed by atoms with Crippen LogP contribution in [0.1, 0.15) is 52.9 Å². The molecule has 3 rings (SSSR count). The number of carbonyl (C=O) groups excluding carboxylic acids is 1. The Hall–Kier alpha value is -0.570. The molecule has 0 amide bonds. The summed E-state index contributed by atoms with van der Waals surface area (Å²) in [6.07, 6.45) is 4.22. The Morgan fingerprint density at radius 3 is 2.69 bits per heavy atom. The number of hydrogen-bond donors (Lipinski definition) is 1. The molecule has 0 aromatic heterocycles. The van der Waals surface area contributed by atoms with Gasteiger partial charge < -0.3 is 15.2 Å². The van der Waals surface area contributed by atoms with Crippen molar-refractivity contribution < 1.29 is 14.7 Å². The minimum atomic E-state index is -0.638. The number of hydrogen-bond acceptors (Lipinski definition) is 7. The average molecular weight is 368 g/mol. The molecule has 0 spiro atoms. The third kappa shape index (κ3) is 4.29. The van der Waals surface area contributed by atoms with Crippen molar-refractivity contribution in [3.63, 3.8) is 0 Å². The Labute approximate surface area is 156 Å². The molecule has 0 radical (unpaired) electrons. The van der Waals surface area contributed by atoms with E-state index in [1.54, 1.807) is 0 Å². The molecule has 6 unspecified atom stereocenters. The molecule has 1 aliphatic carbocycles. The van der Waals surface area contributed by atoms with E-state index in [9.17, 15) is 15.2 Å². The first-order chi connectivity index (χ1) is 12.4. The fourth-order valence-corrected chi connectivity index (χ4v) is 5.16. The Balaban J connectivity index is 1.59. The molecule has 0 bridgehead atoms. The van der Waals surface area contributed by atoms with Gasteiger partial charge in [0.25, 0.3) is 0 Å². The van der Waals surface area contributed by atoms with Gasteiger partial charge in [0, 0.05) is 37.7 Å². The number of fused-ring (bicyclic) bond motifs is 1. The van der Waals surface area contributed by atoms with Gasteiger partial charge in [-0.1, -0.05) is 6.92 Å². The van der Waals surface area contributed by atoms with Gasteiger partial charge in [0.15, 0.2) is 0 Å². The summed E-state index contributed by atoms with van der Waals surface area (Å²) in [7, 11) is 0.